The number of Topliss-reactive ketones (excluding diaryl/α,β-unsaturated/α-hetero) is 1. The van der Waals surface area contributed by atoms with E-state index in [1.807, 2.05) is 55.5 Å². The second kappa shape index (κ2) is 10.7. The van der Waals surface area contributed by atoms with Crippen LogP contribution in [0.15, 0.2) is 63.5 Å². The van der Waals surface area contributed by atoms with Crippen molar-refractivity contribution < 1.29 is 14.4 Å². The molecule has 0 aliphatic heterocycles. The third-order valence-electron chi connectivity index (χ3n) is 3.85. The molecule has 0 amide bonds. The molecule has 2 rings (SSSR count). The van der Waals surface area contributed by atoms with Crippen LogP contribution in [0.25, 0.3) is 0 Å². The highest BCUT2D eigenvalue weighted by atomic mass is 32.2. The molecule has 0 spiro atoms. The van der Waals surface area contributed by atoms with Crippen LogP contribution in [0.5, 0.6) is 0 Å². The number of oxime groups is 1. The molecule has 0 saturated carbocycles. The Morgan fingerprint density at radius 2 is 1.37 bits per heavy atom. The van der Waals surface area contributed by atoms with E-state index >= 15 is 0 Å². The zero-order chi connectivity index (χ0) is 19.6. The molecule has 0 saturated heterocycles. The highest BCUT2D eigenvalue weighted by Gasteiger charge is 2.07. The fourth-order valence-electron chi connectivity index (χ4n) is 2.53. The van der Waals surface area contributed by atoms with E-state index in [1.54, 1.807) is 11.8 Å². The maximum atomic E-state index is 11.9. The summed E-state index contributed by atoms with van der Waals surface area (Å²) in [5, 5.41) is 3.97. The van der Waals surface area contributed by atoms with Crippen LogP contribution >= 0.6 is 11.8 Å². The van der Waals surface area contributed by atoms with Gasteiger partial charge in [-0.1, -0.05) is 61.5 Å². The summed E-state index contributed by atoms with van der Waals surface area (Å²) < 4.78 is 0. The Labute approximate surface area is 165 Å². The Bertz CT molecular complexity index is 795. The molecule has 0 unspecified atom stereocenters. The van der Waals surface area contributed by atoms with Gasteiger partial charge in [-0.05, 0) is 42.7 Å². The van der Waals surface area contributed by atoms with E-state index in [2.05, 4.69) is 12.1 Å². The first-order valence-corrected chi connectivity index (χ1v) is 10.0. The predicted molar refractivity (Wildman–Crippen MR) is 109 cm³/mol. The van der Waals surface area contributed by atoms with Crippen molar-refractivity contribution in [3.05, 3.63) is 59.7 Å². The lowest BCUT2D eigenvalue weighted by Gasteiger charge is -2.07. The minimum absolute atomic E-state index is 0.189. The third-order valence-corrected chi connectivity index (χ3v) is 4.86. The Morgan fingerprint density at radius 1 is 0.852 bits per heavy atom. The van der Waals surface area contributed by atoms with Crippen molar-refractivity contribution in [1.29, 1.82) is 0 Å². The summed E-state index contributed by atoms with van der Waals surface area (Å²) in [4.78, 5) is 29.9. The van der Waals surface area contributed by atoms with Crippen LogP contribution < -0.4 is 0 Å². The number of rotatable bonds is 9. The summed E-state index contributed by atoms with van der Waals surface area (Å²) in [5.74, 6) is -0.231. The highest BCUT2D eigenvalue weighted by molar-refractivity contribution is 7.99. The van der Waals surface area contributed by atoms with Crippen molar-refractivity contribution in [2.45, 2.75) is 56.2 Å². The largest absolute Gasteiger partial charge is 0.331 e. The lowest BCUT2D eigenvalue weighted by atomic mass is 10.1. The summed E-state index contributed by atoms with van der Waals surface area (Å²) in [6.07, 6.45) is 3.11. The summed E-state index contributed by atoms with van der Waals surface area (Å²) in [6, 6.07) is 15.8. The second-order valence-corrected chi connectivity index (χ2v) is 7.34. The predicted octanol–water partition coefficient (Wildman–Crippen LogP) is 5.89. The van der Waals surface area contributed by atoms with Crippen LogP contribution in [0, 0.1) is 0 Å². The first-order chi connectivity index (χ1) is 13.0. The molecule has 0 radical (unpaired) electrons. The molecule has 142 valence electrons. The van der Waals surface area contributed by atoms with Crippen LogP contribution in [0.4, 0.5) is 0 Å². The van der Waals surface area contributed by atoms with E-state index in [0.717, 1.165) is 45.9 Å². The molecule has 27 heavy (non-hydrogen) atoms. The summed E-state index contributed by atoms with van der Waals surface area (Å²) in [5.41, 5.74) is 2.48. The van der Waals surface area contributed by atoms with Gasteiger partial charge in [0.05, 0.1) is 5.71 Å². The zero-order valence-corrected chi connectivity index (χ0v) is 16.8. The zero-order valence-electron chi connectivity index (χ0n) is 16.0. The van der Waals surface area contributed by atoms with Gasteiger partial charge in [0.2, 0.25) is 0 Å². The third kappa shape index (κ3) is 6.68. The van der Waals surface area contributed by atoms with E-state index in [0.29, 0.717) is 6.42 Å². The van der Waals surface area contributed by atoms with Gasteiger partial charge in [-0.3, -0.25) is 4.79 Å². The van der Waals surface area contributed by atoms with E-state index in [1.165, 1.54) is 6.92 Å². The van der Waals surface area contributed by atoms with Crippen LogP contribution in [-0.2, 0) is 9.63 Å². The van der Waals surface area contributed by atoms with Gasteiger partial charge in [0.15, 0.2) is 5.78 Å². The van der Waals surface area contributed by atoms with Gasteiger partial charge < -0.3 is 4.84 Å². The molecule has 4 nitrogen and oxygen atoms in total. The molecule has 5 heteroatoms. The average molecular weight is 384 g/mol. The van der Waals surface area contributed by atoms with Crippen LogP contribution in [-0.4, -0.2) is 17.5 Å². The fraction of sp³-hybridized carbons (Fsp3) is 0.318. The maximum Gasteiger partial charge on any atom is 0.331 e. The van der Waals surface area contributed by atoms with Crippen molar-refractivity contribution in [3.63, 3.8) is 0 Å². The quantitative estimate of drug-likeness (QED) is 0.234. The lowest BCUT2D eigenvalue weighted by Crippen LogP contribution is -2.03. The van der Waals surface area contributed by atoms with E-state index in [4.69, 9.17) is 4.84 Å². The topological polar surface area (TPSA) is 55.7 Å². The smallest absolute Gasteiger partial charge is 0.318 e. The van der Waals surface area contributed by atoms with Crippen molar-refractivity contribution in [2.75, 3.05) is 0 Å². The van der Waals surface area contributed by atoms with E-state index < -0.39 is 5.97 Å². The number of benzene rings is 2. The molecule has 0 aliphatic carbocycles. The molecule has 0 heterocycles. The number of hydrogen-bond acceptors (Lipinski definition) is 5. The maximum absolute atomic E-state index is 11.9. The molecular formula is C22H25NO3S. The van der Waals surface area contributed by atoms with Crippen molar-refractivity contribution in [2.24, 2.45) is 5.16 Å². The van der Waals surface area contributed by atoms with Gasteiger partial charge in [0, 0.05) is 28.7 Å². The van der Waals surface area contributed by atoms with E-state index in [9.17, 15) is 9.59 Å². The standard InChI is InChI=1S/C22H25NO3S/c1-4-6-21(23-26-16(3)24)17-8-12-19(13-9-17)27-20-14-10-18(11-15-20)22(25)7-5-2/h8-15H,4-7H2,1-3H3. The monoisotopic (exact) mass is 383 g/mol. The van der Waals surface area contributed by atoms with Crippen molar-refractivity contribution in [1.82, 2.24) is 0 Å². The van der Waals surface area contributed by atoms with E-state index in [-0.39, 0.29) is 5.78 Å². The van der Waals surface area contributed by atoms with Gasteiger partial charge in [-0.15, -0.1) is 0 Å². The Balaban J connectivity index is 2.07. The Morgan fingerprint density at radius 3 is 1.85 bits per heavy atom. The molecule has 0 atom stereocenters. The van der Waals surface area contributed by atoms with Gasteiger partial charge in [0.25, 0.3) is 0 Å². The van der Waals surface area contributed by atoms with Crippen molar-refractivity contribution >= 4 is 29.2 Å². The minimum Gasteiger partial charge on any atom is -0.318 e. The second-order valence-electron chi connectivity index (χ2n) is 6.19. The first-order valence-electron chi connectivity index (χ1n) is 9.19. The van der Waals surface area contributed by atoms with Gasteiger partial charge in [-0.25, -0.2) is 4.79 Å². The average Bonchev–Trinajstić information content (AvgIpc) is 2.66. The molecule has 0 N–H and O–H groups in total. The van der Waals surface area contributed by atoms with Crippen molar-refractivity contribution in [3.8, 4) is 0 Å². The lowest BCUT2D eigenvalue weighted by molar-refractivity contribution is -0.140. The highest BCUT2D eigenvalue weighted by Crippen LogP contribution is 2.28. The minimum atomic E-state index is -0.420. The number of nitrogens with zero attached hydrogens (tertiary/aromatic N) is 1. The molecule has 0 aromatic heterocycles. The molecule has 0 aliphatic rings. The van der Waals surface area contributed by atoms with Crippen LogP contribution in [0.2, 0.25) is 0 Å². The molecule has 2 aromatic rings. The molecular weight excluding hydrogens is 358 g/mol. The number of carbonyl (C=O) groups excluding carboxylic acids is 2. The summed E-state index contributed by atoms with van der Waals surface area (Å²) in [6.45, 7) is 5.41. The number of hydrogen-bond donors (Lipinski definition) is 0. The Hall–Kier alpha value is -2.40. The molecule has 2 aromatic carbocycles. The van der Waals surface area contributed by atoms with Gasteiger partial charge >= 0.3 is 5.97 Å². The molecule has 0 bridgehead atoms. The van der Waals surface area contributed by atoms with Crippen LogP contribution in [0.1, 0.15) is 62.4 Å². The summed E-state index contributed by atoms with van der Waals surface area (Å²) in [7, 11) is 0. The normalized spacial score (nSPS) is 11.3. The van der Waals surface area contributed by atoms with Crippen LogP contribution in [0.3, 0.4) is 0 Å². The van der Waals surface area contributed by atoms with Gasteiger partial charge in [-0.2, -0.15) is 0 Å². The Kier molecular flexibility index (Phi) is 8.27. The number of carbonyl (C=O) groups is 2. The molecule has 0 fully saturated rings. The number of ketones is 1. The fourth-order valence-corrected chi connectivity index (χ4v) is 3.35. The van der Waals surface area contributed by atoms with Gasteiger partial charge in [0.1, 0.15) is 0 Å². The first kappa shape index (κ1) is 20.9. The summed E-state index contributed by atoms with van der Waals surface area (Å²) >= 11 is 1.64. The SMILES string of the molecule is CCCC(=O)c1ccc(Sc2ccc(C(CCC)=NOC(C)=O)cc2)cc1.